The van der Waals surface area contributed by atoms with Crippen molar-refractivity contribution in [3.63, 3.8) is 0 Å². The Balaban J connectivity index is 1.85. The van der Waals surface area contributed by atoms with Crippen LogP contribution in [0.4, 0.5) is 5.82 Å². The molecule has 3 aromatic rings. The summed E-state index contributed by atoms with van der Waals surface area (Å²) < 4.78 is 0. The minimum atomic E-state index is 0.604. The van der Waals surface area contributed by atoms with Gasteiger partial charge in [-0.05, 0) is 17.5 Å². The lowest BCUT2D eigenvalue weighted by atomic mass is 10.4. The van der Waals surface area contributed by atoms with Gasteiger partial charge in [-0.15, -0.1) is 11.3 Å². The summed E-state index contributed by atoms with van der Waals surface area (Å²) in [4.78, 5) is 18.1. The Bertz CT molecular complexity index is 684. The highest BCUT2D eigenvalue weighted by atomic mass is 32.2. The predicted octanol–water partition coefficient (Wildman–Crippen LogP) is 2.06. The van der Waals surface area contributed by atoms with E-state index in [1.54, 1.807) is 29.8 Å². The number of nitrogen functional groups attached to an aromatic ring is 1. The maximum Gasteiger partial charge on any atom is 0.187 e. The fourth-order valence-corrected chi connectivity index (χ4v) is 3.00. The second kappa shape index (κ2) is 5.47. The minimum absolute atomic E-state index is 0.604. The molecule has 3 rings (SSSR count). The van der Waals surface area contributed by atoms with Crippen molar-refractivity contribution in [2.75, 3.05) is 5.43 Å². The molecule has 0 fully saturated rings. The molecule has 0 spiro atoms. The highest BCUT2D eigenvalue weighted by Gasteiger charge is 2.08. The topological polar surface area (TPSA) is 89.6 Å². The highest BCUT2D eigenvalue weighted by molar-refractivity contribution is 7.98. The molecule has 0 aliphatic carbocycles. The molecule has 0 aliphatic heterocycles. The van der Waals surface area contributed by atoms with Crippen molar-refractivity contribution in [1.29, 1.82) is 0 Å². The fraction of sp³-hybridized carbons (Fsp3) is 0.0909. The standard InChI is InChI=1S/C11H10N6S2/c12-17-9-7-2-5-18-10(7)16-8(15-9)6-19-11-13-3-1-4-14-11/h1-5H,6,12H2,(H,15,16,17). The predicted molar refractivity (Wildman–Crippen MR) is 76.8 cm³/mol. The third-order valence-electron chi connectivity index (χ3n) is 2.38. The summed E-state index contributed by atoms with van der Waals surface area (Å²) in [5, 5.41) is 3.62. The maximum absolute atomic E-state index is 5.48. The van der Waals surface area contributed by atoms with Gasteiger partial charge in [0.05, 0.1) is 11.1 Å². The molecule has 8 heteroatoms. The molecule has 0 unspecified atom stereocenters. The minimum Gasteiger partial charge on any atom is -0.308 e. The van der Waals surface area contributed by atoms with E-state index in [0.717, 1.165) is 10.2 Å². The molecule has 3 aromatic heterocycles. The molecule has 3 heterocycles. The highest BCUT2D eigenvalue weighted by Crippen LogP contribution is 2.26. The van der Waals surface area contributed by atoms with Crippen LogP contribution in [0.5, 0.6) is 0 Å². The van der Waals surface area contributed by atoms with Gasteiger partial charge >= 0.3 is 0 Å². The average Bonchev–Trinajstić information content (AvgIpc) is 2.93. The second-order valence-corrected chi connectivity index (χ2v) is 5.43. The van der Waals surface area contributed by atoms with Crippen LogP contribution < -0.4 is 11.3 Å². The number of hydrogen-bond acceptors (Lipinski definition) is 8. The van der Waals surface area contributed by atoms with Crippen molar-refractivity contribution in [3.05, 3.63) is 35.7 Å². The Morgan fingerprint density at radius 1 is 1.26 bits per heavy atom. The molecule has 6 nitrogen and oxygen atoms in total. The van der Waals surface area contributed by atoms with Gasteiger partial charge in [-0.2, -0.15) is 0 Å². The van der Waals surface area contributed by atoms with Gasteiger partial charge in [0.15, 0.2) is 11.0 Å². The number of aromatic nitrogens is 4. The molecule has 3 N–H and O–H groups in total. The number of fused-ring (bicyclic) bond motifs is 1. The van der Waals surface area contributed by atoms with Crippen LogP contribution in [0.25, 0.3) is 10.2 Å². The van der Waals surface area contributed by atoms with E-state index in [-0.39, 0.29) is 0 Å². The summed E-state index contributed by atoms with van der Waals surface area (Å²) >= 11 is 3.06. The first-order chi connectivity index (χ1) is 9.36. The molecule has 0 aromatic carbocycles. The molecule has 19 heavy (non-hydrogen) atoms. The van der Waals surface area contributed by atoms with Crippen LogP contribution in [0.15, 0.2) is 35.1 Å². The molecule has 0 saturated heterocycles. The SMILES string of the molecule is NNc1nc(CSc2ncccn2)nc2sccc12. The van der Waals surface area contributed by atoms with E-state index in [2.05, 4.69) is 25.4 Å². The van der Waals surface area contributed by atoms with Gasteiger partial charge < -0.3 is 5.43 Å². The summed E-state index contributed by atoms with van der Waals surface area (Å²) in [5.74, 6) is 7.45. The van der Waals surface area contributed by atoms with Gasteiger partial charge in [-0.3, -0.25) is 0 Å². The number of anilines is 1. The molecular weight excluding hydrogens is 280 g/mol. The largest absolute Gasteiger partial charge is 0.308 e. The zero-order chi connectivity index (χ0) is 13.1. The van der Waals surface area contributed by atoms with E-state index in [4.69, 9.17) is 5.84 Å². The summed E-state index contributed by atoms with van der Waals surface area (Å²) in [6.45, 7) is 0. The van der Waals surface area contributed by atoms with Crippen LogP contribution in [-0.2, 0) is 5.75 Å². The first-order valence-corrected chi connectivity index (χ1v) is 7.34. The lowest BCUT2D eigenvalue weighted by molar-refractivity contribution is 0.961. The zero-order valence-electron chi connectivity index (χ0n) is 9.78. The lowest BCUT2D eigenvalue weighted by Crippen LogP contribution is -2.10. The number of hydrazine groups is 1. The fourth-order valence-electron chi connectivity index (χ4n) is 1.56. The van der Waals surface area contributed by atoms with Gasteiger partial charge in [-0.1, -0.05) is 11.8 Å². The maximum atomic E-state index is 5.48. The van der Waals surface area contributed by atoms with Crippen molar-refractivity contribution in [2.45, 2.75) is 10.9 Å². The van der Waals surface area contributed by atoms with E-state index >= 15 is 0 Å². The number of nitrogens with one attached hydrogen (secondary N) is 1. The molecule has 0 aliphatic rings. The van der Waals surface area contributed by atoms with Crippen LogP contribution in [-0.4, -0.2) is 19.9 Å². The molecule has 0 radical (unpaired) electrons. The number of hydrogen-bond donors (Lipinski definition) is 2. The number of nitrogens with two attached hydrogens (primary N) is 1. The Kier molecular flexibility index (Phi) is 3.53. The van der Waals surface area contributed by atoms with Crippen molar-refractivity contribution in [2.24, 2.45) is 5.84 Å². The zero-order valence-corrected chi connectivity index (χ0v) is 11.4. The summed E-state index contributed by atoms with van der Waals surface area (Å²) in [7, 11) is 0. The molecule has 0 amide bonds. The quantitative estimate of drug-likeness (QED) is 0.329. The molecule has 0 bridgehead atoms. The van der Waals surface area contributed by atoms with Crippen LogP contribution in [0.3, 0.4) is 0 Å². The normalized spacial score (nSPS) is 10.8. The van der Waals surface area contributed by atoms with Gasteiger partial charge in [0, 0.05) is 12.4 Å². The number of thiophene rings is 1. The molecular formula is C11H10N6S2. The molecule has 0 saturated carbocycles. The van der Waals surface area contributed by atoms with Crippen LogP contribution in [0.1, 0.15) is 5.82 Å². The molecule has 0 atom stereocenters. The summed E-state index contributed by atoms with van der Waals surface area (Å²) in [6, 6.07) is 3.74. The van der Waals surface area contributed by atoms with Crippen molar-refractivity contribution in [3.8, 4) is 0 Å². The number of rotatable bonds is 4. The van der Waals surface area contributed by atoms with Crippen molar-refractivity contribution >= 4 is 39.1 Å². The average molecular weight is 290 g/mol. The van der Waals surface area contributed by atoms with E-state index in [9.17, 15) is 0 Å². The van der Waals surface area contributed by atoms with Crippen LogP contribution in [0, 0.1) is 0 Å². The second-order valence-electron chi connectivity index (χ2n) is 3.59. The van der Waals surface area contributed by atoms with Gasteiger partial charge in [0.2, 0.25) is 0 Å². The van der Waals surface area contributed by atoms with E-state index in [1.807, 2.05) is 11.4 Å². The third-order valence-corrected chi connectivity index (χ3v) is 4.06. The van der Waals surface area contributed by atoms with E-state index in [0.29, 0.717) is 22.6 Å². The smallest absolute Gasteiger partial charge is 0.187 e. The Morgan fingerprint density at radius 2 is 2.11 bits per heavy atom. The van der Waals surface area contributed by atoms with Crippen molar-refractivity contribution < 1.29 is 0 Å². The summed E-state index contributed by atoms with van der Waals surface area (Å²) in [5.41, 5.74) is 2.61. The Hall–Kier alpha value is -1.77. The van der Waals surface area contributed by atoms with Crippen LogP contribution in [0.2, 0.25) is 0 Å². The number of nitrogens with zero attached hydrogens (tertiary/aromatic N) is 4. The first kappa shape index (κ1) is 12.3. The van der Waals surface area contributed by atoms with E-state index in [1.165, 1.54) is 11.8 Å². The van der Waals surface area contributed by atoms with Crippen molar-refractivity contribution in [1.82, 2.24) is 19.9 Å². The van der Waals surface area contributed by atoms with E-state index < -0.39 is 0 Å². The van der Waals surface area contributed by atoms with Gasteiger partial charge in [-0.25, -0.2) is 25.8 Å². The number of thioether (sulfide) groups is 1. The van der Waals surface area contributed by atoms with Gasteiger partial charge in [0.1, 0.15) is 10.7 Å². The Labute approximate surface area is 117 Å². The lowest BCUT2D eigenvalue weighted by Gasteiger charge is -2.04. The Morgan fingerprint density at radius 3 is 2.89 bits per heavy atom. The van der Waals surface area contributed by atoms with Crippen LogP contribution >= 0.6 is 23.1 Å². The summed E-state index contributed by atoms with van der Waals surface area (Å²) in [6.07, 6.45) is 3.43. The monoisotopic (exact) mass is 290 g/mol. The molecule has 96 valence electrons. The first-order valence-electron chi connectivity index (χ1n) is 5.47. The van der Waals surface area contributed by atoms with Gasteiger partial charge in [0.25, 0.3) is 0 Å². The third kappa shape index (κ3) is 2.65.